The van der Waals surface area contributed by atoms with Crippen molar-refractivity contribution in [1.29, 1.82) is 0 Å². The van der Waals surface area contributed by atoms with Crippen LogP contribution in [0.1, 0.15) is 188 Å². The van der Waals surface area contributed by atoms with E-state index in [1.165, 1.54) is 128 Å². The standard InChI is InChI=1S/C33H67NO4/c1-4-7-9-11-13-15-17-19-21-23-25-27-30-37-33(29-6-3,34-32(35)36)38-31-28-26-24-22-20-18-16-14-12-10-8-5-2/h34H,4-31H2,1-3H3,(H,35,36). The Kier molecular flexibility index (Phi) is 28.6. The molecule has 0 saturated carbocycles. The molecule has 0 saturated heterocycles. The third-order valence-corrected chi connectivity index (χ3v) is 7.54. The number of hydrogen-bond donors (Lipinski definition) is 2. The molecule has 5 heteroatoms. The van der Waals surface area contributed by atoms with Gasteiger partial charge in [-0.3, -0.25) is 5.32 Å². The predicted molar refractivity (Wildman–Crippen MR) is 163 cm³/mol. The molecule has 0 atom stereocenters. The van der Waals surface area contributed by atoms with E-state index < -0.39 is 12.0 Å². The Morgan fingerprint density at radius 1 is 0.500 bits per heavy atom. The van der Waals surface area contributed by atoms with Gasteiger partial charge in [-0.05, 0) is 19.3 Å². The fourth-order valence-corrected chi connectivity index (χ4v) is 5.17. The molecule has 1 amide bonds. The van der Waals surface area contributed by atoms with Crippen LogP contribution in [0.25, 0.3) is 0 Å². The first-order valence-electron chi connectivity index (χ1n) is 16.9. The van der Waals surface area contributed by atoms with Crippen molar-refractivity contribution < 1.29 is 19.4 Å². The number of unbranched alkanes of at least 4 members (excludes halogenated alkanes) is 22. The smallest absolute Gasteiger partial charge is 0.408 e. The van der Waals surface area contributed by atoms with E-state index >= 15 is 0 Å². The Bertz CT molecular complexity index is 456. The van der Waals surface area contributed by atoms with Crippen molar-refractivity contribution in [1.82, 2.24) is 5.32 Å². The van der Waals surface area contributed by atoms with E-state index in [4.69, 9.17) is 9.47 Å². The van der Waals surface area contributed by atoms with Gasteiger partial charge in [0.05, 0.1) is 13.2 Å². The number of amides is 1. The molecule has 0 rings (SSSR count). The average Bonchev–Trinajstić information content (AvgIpc) is 2.89. The first-order valence-corrected chi connectivity index (χ1v) is 16.9. The van der Waals surface area contributed by atoms with Gasteiger partial charge >= 0.3 is 6.09 Å². The molecule has 0 aromatic rings. The minimum Gasteiger partial charge on any atom is -0.465 e. The van der Waals surface area contributed by atoms with Gasteiger partial charge in [0.1, 0.15) is 0 Å². The monoisotopic (exact) mass is 542 g/mol. The van der Waals surface area contributed by atoms with Crippen molar-refractivity contribution in [2.24, 2.45) is 0 Å². The molecule has 0 aliphatic carbocycles. The number of carboxylic acid groups (broad SMARTS) is 1. The zero-order valence-corrected chi connectivity index (χ0v) is 26.0. The van der Waals surface area contributed by atoms with E-state index in [-0.39, 0.29) is 0 Å². The van der Waals surface area contributed by atoms with Crippen molar-refractivity contribution in [3.63, 3.8) is 0 Å². The Hall–Kier alpha value is -0.810. The maximum absolute atomic E-state index is 11.5. The van der Waals surface area contributed by atoms with Crippen LogP contribution in [0.3, 0.4) is 0 Å². The van der Waals surface area contributed by atoms with Crippen molar-refractivity contribution in [2.45, 2.75) is 194 Å². The maximum atomic E-state index is 11.5. The second-order valence-corrected chi connectivity index (χ2v) is 11.4. The minimum absolute atomic E-state index is 0.538. The van der Waals surface area contributed by atoms with E-state index in [1.807, 2.05) is 6.92 Å². The summed E-state index contributed by atoms with van der Waals surface area (Å²) in [7, 11) is 0. The molecule has 0 spiro atoms. The maximum Gasteiger partial charge on any atom is 0.408 e. The summed E-state index contributed by atoms with van der Waals surface area (Å²) < 4.78 is 12.1. The van der Waals surface area contributed by atoms with Crippen molar-refractivity contribution in [3.05, 3.63) is 0 Å². The highest BCUT2D eigenvalue weighted by molar-refractivity contribution is 5.65. The zero-order valence-electron chi connectivity index (χ0n) is 26.0. The SMILES string of the molecule is CCCCCCCCCCCCCCOC(CCC)(NC(=O)O)OCCCCCCCCCCCCCC. The Balaban J connectivity index is 3.94. The summed E-state index contributed by atoms with van der Waals surface area (Å²) >= 11 is 0. The van der Waals surface area contributed by atoms with Gasteiger partial charge in [-0.1, -0.05) is 162 Å². The summed E-state index contributed by atoms with van der Waals surface area (Å²) in [5, 5.41) is 12.0. The second kappa shape index (κ2) is 29.2. The normalized spacial score (nSPS) is 11.8. The molecule has 0 aromatic heterocycles. The molecule has 0 bridgehead atoms. The van der Waals surface area contributed by atoms with Gasteiger partial charge in [-0.2, -0.15) is 0 Å². The molecule has 0 unspecified atom stereocenters. The lowest BCUT2D eigenvalue weighted by atomic mass is 10.1. The Morgan fingerprint density at radius 2 is 0.789 bits per heavy atom. The molecule has 0 fully saturated rings. The van der Waals surface area contributed by atoms with E-state index in [9.17, 15) is 9.90 Å². The van der Waals surface area contributed by atoms with E-state index in [2.05, 4.69) is 19.2 Å². The molecule has 5 nitrogen and oxygen atoms in total. The topological polar surface area (TPSA) is 67.8 Å². The first kappa shape index (κ1) is 37.2. The third-order valence-electron chi connectivity index (χ3n) is 7.54. The fraction of sp³-hybridized carbons (Fsp3) is 0.970. The number of nitrogens with one attached hydrogen (secondary N) is 1. The summed E-state index contributed by atoms with van der Waals surface area (Å²) in [5.41, 5.74) is 0. The van der Waals surface area contributed by atoms with Crippen LogP contribution in [0.5, 0.6) is 0 Å². The van der Waals surface area contributed by atoms with E-state index in [1.54, 1.807) is 0 Å². The number of ether oxygens (including phenoxy) is 2. The van der Waals surface area contributed by atoms with Gasteiger partial charge in [0.15, 0.2) is 0 Å². The van der Waals surface area contributed by atoms with Crippen LogP contribution in [0, 0.1) is 0 Å². The lowest BCUT2D eigenvalue weighted by Gasteiger charge is -2.33. The van der Waals surface area contributed by atoms with Crippen LogP contribution in [-0.2, 0) is 9.47 Å². The van der Waals surface area contributed by atoms with Crippen molar-refractivity contribution in [3.8, 4) is 0 Å². The Labute approximate surface area is 237 Å². The summed E-state index contributed by atoms with van der Waals surface area (Å²) in [6.45, 7) is 7.65. The van der Waals surface area contributed by atoms with E-state index in [0.717, 1.165) is 32.1 Å². The molecule has 38 heavy (non-hydrogen) atoms. The largest absolute Gasteiger partial charge is 0.465 e. The molecule has 2 N–H and O–H groups in total. The molecular weight excluding hydrogens is 474 g/mol. The van der Waals surface area contributed by atoms with Crippen LogP contribution in [0.4, 0.5) is 4.79 Å². The zero-order chi connectivity index (χ0) is 28.0. The molecular formula is C33H67NO4. The summed E-state index contributed by atoms with van der Waals surface area (Å²) in [4.78, 5) is 11.5. The highest BCUT2D eigenvalue weighted by Gasteiger charge is 2.33. The highest BCUT2D eigenvalue weighted by Crippen LogP contribution is 2.20. The quantitative estimate of drug-likeness (QED) is 0.0676. The van der Waals surface area contributed by atoms with E-state index in [0.29, 0.717) is 19.6 Å². The molecule has 0 radical (unpaired) electrons. The third kappa shape index (κ3) is 25.5. The molecule has 0 aromatic carbocycles. The van der Waals surface area contributed by atoms with Gasteiger partial charge in [-0.25, -0.2) is 4.79 Å². The molecule has 228 valence electrons. The fourth-order valence-electron chi connectivity index (χ4n) is 5.17. The van der Waals surface area contributed by atoms with Crippen molar-refractivity contribution >= 4 is 6.09 Å². The lowest BCUT2D eigenvalue weighted by molar-refractivity contribution is -0.255. The summed E-state index contributed by atoms with van der Waals surface area (Å²) in [6, 6.07) is 0. The minimum atomic E-state index is -1.20. The van der Waals surface area contributed by atoms with Gasteiger partial charge in [-0.15, -0.1) is 0 Å². The van der Waals surface area contributed by atoms with Crippen LogP contribution in [-0.4, -0.2) is 30.3 Å². The lowest BCUT2D eigenvalue weighted by Crippen LogP contribution is -2.52. The molecule has 0 heterocycles. The summed E-state index contributed by atoms with van der Waals surface area (Å²) in [6.07, 6.45) is 31.4. The second-order valence-electron chi connectivity index (χ2n) is 11.4. The van der Waals surface area contributed by atoms with Gasteiger partial charge in [0.2, 0.25) is 0 Å². The van der Waals surface area contributed by atoms with Crippen molar-refractivity contribution in [2.75, 3.05) is 13.2 Å². The molecule has 0 aliphatic rings. The van der Waals surface area contributed by atoms with Crippen LogP contribution >= 0.6 is 0 Å². The first-order chi connectivity index (χ1) is 18.6. The number of hydrogen-bond acceptors (Lipinski definition) is 3. The number of rotatable bonds is 31. The van der Waals surface area contributed by atoms with Gasteiger partial charge in [0.25, 0.3) is 5.91 Å². The van der Waals surface area contributed by atoms with Crippen LogP contribution in [0.15, 0.2) is 0 Å². The highest BCUT2D eigenvalue weighted by atomic mass is 16.7. The summed E-state index contributed by atoms with van der Waals surface area (Å²) in [5.74, 6) is -1.20. The number of carbonyl (C=O) groups is 1. The van der Waals surface area contributed by atoms with Gasteiger partial charge < -0.3 is 14.6 Å². The van der Waals surface area contributed by atoms with Crippen LogP contribution in [0.2, 0.25) is 0 Å². The van der Waals surface area contributed by atoms with Crippen LogP contribution < -0.4 is 5.32 Å². The Morgan fingerprint density at radius 3 is 1.05 bits per heavy atom. The average molecular weight is 542 g/mol. The predicted octanol–water partition coefficient (Wildman–Crippen LogP) is 11.1. The molecule has 0 aliphatic heterocycles. The van der Waals surface area contributed by atoms with Gasteiger partial charge in [0, 0.05) is 6.42 Å².